The summed E-state index contributed by atoms with van der Waals surface area (Å²) in [6.45, 7) is 1.85. The first kappa shape index (κ1) is 16.5. The highest BCUT2D eigenvalue weighted by molar-refractivity contribution is 6.43. The Labute approximate surface area is 125 Å². The number of rotatable bonds is 5. The van der Waals surface area contributed by atoms with Gasteiger partial charge in [0.25, 0.3) is 0 Å². The van der Waals surface area contributed by atoms with E-state index < -0.39 is 18.2 Å². The summed E-state index contributed by atoms with van der Waals surface area (Å²) in [5.41, 5.74) is 0.163. The zero-order valence-corrected chi connectivity index (χ0v) is 12.3. The summed E-state index contributed by atoms with van der Waals surface area (Å²) in [6, 6.07) is 2.80. The van der Waals surface area contributed by atoms with Crippen molar-refractivity contribution in [2.45, 2.75) is 25.6 Å². The standard InChI is InChI=1S/C12H13Cl3O4/c1-2-19-10(17)5-9(16)12(18)7-3-6(13)4-8(14)11(7)15/h3-4,9,12,16,18H,2,5H2,1H3. The van der Waals surface area contributed by atoms with Crippen LogP contribution in [-0.4, -0.2) is 28.9 Å². The van der Waals surface area contributed by atoms with Gasteiger partial charge in [-0.15, -0.1) is 0 Å². The molecule has 1 aromatic carbocycles. The quantitative estimate of drug-likeness (QED) is 0.644. The van der Waals surface area contributed by atoms with Gasteiger partial charge in [0.1, 0.15) is 6.10 Å². The van der Waals surface area contributed by atoms with E-state index in [1.807, 2.05) is 0 Å². The number of carbonyl (C=O) groups is 1. The maximum Gasteiger partial charge on any atom is 0.308 e. The molecule has 0 radical (unpaired) electrons. The Morgan fingerprint density at radius 3 is 2.53 bits per heavy atom. The van der Waals surface area contributed by atoms with E-state index in [1.54, 1.807) is 6.92 Å². The maximum absolute atomic E-state index is 11.2. The first-order valence-corrected chi connectivity index (χ1v) is 6.66. The second-order valence-electron chi connectivity index (χ2n) is 3.81. The van der Waals surface area contributed by atoms with Crippen LogP contribution in [0.1, 0.15) is 25.0 Å². The molecule has 0 saturated carbocycles. The molecule has 2 unspecified atom stereocenters. The summed E-state index contributed by atoms with van der Waals surface area (Å²) >= 11 is 17.5. The number of halogens is 3. The fourth-order valence-electron chi connectivity index (χ4n) is 1.50. The summed E-state index contributed by atoms with van der Waals surface area (Å²) in [6.07, 6.45) is -3.09. The molecule has 2 N–H and O–H groups in total. The summed E-state index contributed by atoms with van der Waals surface area (Å²) in [4.78, 5) is 11.2. The zero-order chi connectivity index (χ0) is 14.6. The van der Waals surface area contributed by atoms with Gasteiger partial charge in [-0.05, 0) is 19.1 Å². The van der Waals surface area contributed by atoms with Crippen molar-refractivity contribution in [2.24, 2.45) is 0 Å². The van der Waals surface area contributed by atoms with Crippen molar-refractivity contribution in [3.63, 3.8) is 0 Å². The third-order valence-electron chi connectivity index (χ3n) is 2.39. The summed E-state index contributed by atoms with van der Waals surface area (Å²) in [5, 5.41) is 20.3. The Bertz CT molecular complexity index is 465. The lowest BCUT2D eigenvalue weighted by molar-refractivity contribution is -0.147. The van der Waals surface area contributed by atoms with Crippen molar-refractivity contribution >= 4 is 40.8 Å². The van der Waals surface area contributed by atoms with Gasteiger partial charge < -0.3 is 14.9 Å². The molecule has 0 amide bonds. The third-order valence-corrected chi connectivity index (χ3v) is 3.42. The number of benzene rings is 1. The number of hydrogen-bond acceptors (Lipinski definition) is 4. The molecule has 0 bridgehead atoms. The minimum absolute atomic E-state index is 0.0847. The fraction of sp³-hybridized carbons (Fsp3) is 0.417. The number of aliphatic hydroxyl groups is 2. The van der Waals surface area contributed by atoms with Crippen molar-refractivity contribution in [1.82, 2.24) is 0 Å². The average molecular weight is 328 g/mol. The van der Waals surface area contributed by atoms with Gasteiger partial charge in [-0.2, -0.15) is 0 Å². The molecule has 0 aliphatic carbocycles. The SMILES string of the molecule is CCOC(=O)CC(O)C(O)c1cc(Cl)cc(Cl)c1Cl. The average Bonchev–Trinajstić information content (AvgIpc) is 2.33. The Morgan fingerprint density at radius 1 is 1.32 bits per heavy atom. The second kappa shape index (κ2) is 7.31. The summed E-state index contributed by atoms with van der Waals surface area (Å²) in [7, 11) is 0. The predicted octanol–water partition coefficient (Wildman–Crippen LogP) is 2.99. The van der Waals surface area contributed by atoms with E-state index >= 15 is 0 Å². The summed E-state index contributed by atoms with van der Waals surface area (Å²) < 4.78 is 4.68. The van der Waals surface area contributed by atoms with Crippen LogP contribution in [0.3, 0.4) is 0 Å². The third kappa shape index (κ3) is 4.51. The van der Waals surface area contributed by atoms with Crippen molar-refractivity contribution in [1.29, 1.82) is 0 Å². The van der Waals surface area contributed by atoms with E-state index in [9.17, 15) is 15.0 Å². The van der Waals surface area contributed by atoms with Crippen LogP contribution in [0.15, 0.2) is 12.1 Å². The maximum atomic E-state index is 11.2. The van der Waals surface area contributed by atoms with Gasteiger partial charge in [0.2, 0.25) is 0 Å². The van der Waals surface area contributed by atoms with E-state index in [2.05, 4.69) is 4.74 Å². The topological polar surface area (TPSA) is 66.8 Å². The van der Waals surface area contributed by atoms with Gasteiger partial charge >= 0.3 is 5.97 Å². The van der Waals surface area contributed by atoms with E-state index in [1.165, 1.54) is 12.1 Å². The molecule has 0 aliphatic rings. The molecule has 0 heterocycles. The molecule has 0 fully saturated rings. The minimum atomic E-state index is -1.38. The number of ether oxygens (including phenoxy) is 1. The van der Waals surface area contributed by atoms with Crippen LogP contribution in [-0.2, 0) is 9.53 Å². The molecule has 0 aliphatic heterocycles. The molecule has 106 valence electrons. The van der Waals surface area contributed by atoms with Gasteiger partial charge in [0.15, 0.2) is 0 Å². The van der Waals surface area contributed by atoms with Crippen LogP contribution in [0.5, 0.6) is 0 Å². The van der Waals surface area contributed by atoms with E-state index in [4.69, 9.17) is 34.8 Å². The second-order valence-corrected chi connectivity index (χ2v) is 5.03. The lowest BCUT2D eigenvalue weighted by Gasteiger charge is -2.19. The van der Waals surface area contributed by atoms with Crippen LogP contribution < -0.4 is 0 Å². The lowest BCUT2D eigenvalue weighted by atomic mass is 10.0. The molecule has 1 rings (SSSR count). The summed E-state index contributed by atoms with van der Waals surface area (Å²) in [5.74, 6) is -0.613. The molecule has 19 heavy (non-hydrogen) atoms. The number of carbonyl (C=O) groups excluding carboxylic acids is 1. The van der Waals surface area contributed by atoms with E-state index in [0.29, 0.717) is 0 Å². The first-order chi connectivity index (χ1) is 8.86. The van der Waals surface area contributed by atoms with Gasteiger partial charge in [-0.3, -0.25) is 4.79 Å². The zero-order valence-electron chi connectivity index (χ0n) is 10.1. The smallest absolute Gasteiger partial charge is 0.308 e. The van der Waals surface area contributed by atoms with Gasteiger partial charge in [-0.1, -0.05) is 34.8 Å². The lowest BCUT2D eigenvalue weighted by Crippen LogP contribution is -2.23. The molecule has 7 heteroatoms. The molecule has 0 saturated heterocycles. The molecular weight excluding hydrogens is 314 g/mol. The van der Waals surface area contributed by atoms with E-state index in [0.717, 1.165) is 0 Å². The largest absolute Gasteiger partial charge is 0.466 e. The normalized spacial score (nSPS) is 14.0. The molecule has 0 spiro atoms. The Morgan fingerprint density at radius 2 is 1.95 bits per heavy atom. The van der Waals surface area contributed by atoms with Crippen molar-refractivity contribution in [3.05, 3.63) is 32.8 Å². The minimum Gasteiger partial charge on any atom is -0.466 e. The number of hydrogen-bond donors (Lipinski definition) is 2. The van der Waals surface area contributed by atoms with Crippen LogP contribution in [0, 0.1) is 0 Å². The van der Waals surface area contributed by atoms with Crippen molar-refractivity contribution in [2.75, 3.05) is 6.61 Å². The highest BCUT2D eigenvalue weighted by Gasteiger charge is 2.25. The predicted molar refractivity (Wildman–Crippen MR) is 73.7 cm³/mol. The van der Waals surface area contributed by atoms with Crippen LogP contribution in [0.25, 0.3) is 0 Å². The monoisotopic (exact) mass is 326 g/mol. The van der Waals surface area contributed by atoms with Crippen molar-refractivity contribution in [3.8, 4) is 0 Å². The number of aliphatic hydroxyl groups excluding tert-OH is 2. The molecule has 4 nitrogen and oxygen atoms in total. The van der Waals surface area contributed by atoms with Crippen LogP contribution >= 0.6 is 34.8 Å². The van der Waals surface area contributed by atoms with Crippen LogP contribution in [0.4, 0.5) is 0 Å². The Hall–Kier alpha value is -0.520. The van der Waals surface area contributed by atoms with Gasteiger partial charge in [0, 0.05) is 10.6 Å². The van der Waals surface area contributed by atoms with Crippen molar-refractivity contribution < 1.29 is 19.7 Å². The molecule has 0 aromatic heterocycles. The van der Waals surface area contributed by atoms with Gasteiger partial charge in [-0.25, -0.2) is 0 Å². The molecule has 1 aromatic rings. The van der Waals surface area contributed by atoms with E-state index in [-0.39, 0.29) is 33.7 Å². The highest BCUT2D eigenvalue weighted by atomic mass is 35.5. The Kier molecular flexibility index (Phi) is 6.36. The van der Waals surface area contributed by atoms with Crippen LogP contribution in [0.2, 0.25) is 15.1 Å². The first-order valence-electron chi connectivity index (χ1n) is 5.53. The molecular formula is C12H13Cl3O4. The fourth-order valence-corrected chi connectivity index (χ4v) is 2.23. The number of esters is 1. The highest BCUT2D eigenvalue weighted by Crippen LogP contribution is 2.35. The Balaban J connectivity index is 2.88. The molecule has 2 atom stereocenters. The van der Waals surface area contributed by atoms with Gasteiger partial charge in [0.05, 0.1) is 29.2 Å².